The van der Waals surface area contributed by atoms with Gasteiger partial charge in [0.15, 0.2) is 11.6 Å². The number of ether oxygens (including phenoxy) is 2. The molecule has 0 unspecified atom stereocenters. The molecule has 0 spiro atoms. The largest absolute Gasteiger partial charge is 0.459 e. The fourth-order valence-corrected chi connectivity index (χ4v) is 2.09. The monoisotopic (exact) mass is 371 g/mol. The third-order valence-electron chi connectivity index (χ3n) is 3.44. The predicted octanol–water partition coefficient (Wildman–Crippen LogP) is 4.08. The normalized spacial score (nSPS) is 10.3. The van der Waals surface area contributed by atoms with Crippen molar-refractivity contribution < 1.29 is 23.0 Å². The first-order valence-electron chi connectivity index (χ1n) is 7.97. The molecule has 0 bridgehead atoms. The summed E-state index contributed by atoms with van der Waals surface area (Å²) < 4.78 is 37.0. The van der Waals surface area contributed by atoms with Gasteiger partial charge in [-0.3, -0.25) is 5.32 Å². The molecule has 0 aliphatic rings. The standard InChI is InChI=1S/C19H15F2N3O3/c20-15-8-6-14(7-9-15)11-26-18-22-10-16(21)17(23-18)24-19(25)27-12-13-4-2-1-3-5-13/h1-10H,11-12H2,(H,22,23,24,25). The van der Waals surface area contributed by atoms with Crippen LogP contribution in [0, 0.1) is 11.6 Å². The molecule has 0 fully saturated rings. The summed E-state index contributed by atoms with van der Waals surface area (Å²) in [4.78, 5) is 19.3. The van der Waals surface area contributed by atoms with E-state index in [1.54, 1.807) is 24.3 Å². The molecule has 6 nitrogen and oxygen atoms in total. The quantitative estimate of drug-likeness (QED) is 0.707. The van der Waals surface area contributed by atoms with Crippen LogP contribution in [0.3, 0.4) is 0 Å². The fourth-order valence-electron chi connectivity index (χ4n) is 2.09. The van der Waals surface area contributed by atoms with Crippen LogP contribution in [-0.4, -0.2) is 16.1 Å². The van der Waals surface area contributed by atoms with Crippen molar-refractivity contribution in [3.05, 3.63) is 83.6 Å². The van der Waals surface area contributed by atoms with Gasteiger partial charge in [-0.15, -0.1) is 0 Å². The van der Waals surface area contributed by atoms with Crippen LogP contribution in [-0.2, 0) is 18.0 Å². The number of carbonyl (C=O) groups excluding carboxylic acids is 1. The molecule has 1 N–H and O–H groups in total. The van der Waals surface area contributed by atoms with Crippen molar-refractivity contribution in [3.63, 3.8) is 0 Å². The molecule has 2 aromatic carbocycles. The maximum Gasteiger partial charge on any atom is 0.413 e. The molecule has 0 atom stereocenters. The van der Waals surface area contributed by atoms with Gasteiger partial charge in [0.1, 0.15) is 19.0 Å². The second-order valence-corrected chi connectivity index (χ2v) is 5.45. The summed E-state index contributed by atoms with van der Waals surface area (Å²) in [5, 5.41) is 2.21. The summed E-state index contributed by atoms with van der Waals surface area (Å²) >= 11 is 0. The average molecular weight is 371 g/mol. The van der Waals surface area contributed by atoms with Gasteiger partial charge >= 0.3 is 12.1 Å². The van der Waals surface area contributed by atoms with Crippen molar-refractivity contribution in [2.75, 3.05) is 5.32 Å². The first-order valence-corrected chi connectivity index (χ1v) is 7.97. The number of nitrogens with zero attached hydrogens (tertiary/aromatic N) is 2. The number of hydrogen-bond donors (Lipinski definition) is 1. The van der Waals surface area contributed by atoms with E-state index in [-0.39, 0.29) is 30.9 Å². The first kappa shape index (κ1) is 18.2. The molecule has 3 aromatic rings. The first-order chi connectivity index (χ1) is 13.1. The molecule has 0 aliphatic heterocycles. The van der Waals surface area contributed by atoms with E-state index >= 15 is 0 Å². The van der Waals surface area contributed by atoms with Crippen LogP contribution in [0.5, 0.6) is 6.01 Å². The highest BCUT2D eigenvalue weighted by molar-refractivity contribution is 5.83. The summed E-state index contributed by atoms with van der Waals surface area (Å²) in [6.07, 6.45) is 0.0146. The van der Waals surface area contributed by atoms with E-state index in [1.165, 1.54) is 12.1 Å². The second-order valence-electron chi connectivity index (χ2n) is 5.45. The summed E-state index contributed by atoms with van der Waals surface area (Å²) in [7, 11) is 0. The number of nitrogens with one attached hydrogen (secondary N) is 1. The molecule has 0 aliphatic carbocycles. The van der Waals surface area contributed by atoms with Crippen LogP contribution in [0.4, 0.5) is 19.4 Å². The smallest absolute Gasteiger partial charge is 0.413 e. The van der Waals surface area contributed by atoms with Crippen molar-refractivity contribution in [2.45, 2.75) is 13.2 Å². The lowest BCUT2D eigenvalue weighted by Gasteiger charge is -2.09. The van der Waals surface area contributed by atoms with E-state index in [9.17, 15) is 13.6 Å². The maximum absolute atomic E-state index is 13.8. The SMILES string of the molecule is O=C(Nc1nc(OCc2ccc(F)cc2)ncc1F)OCc1ccccc1. The molecule has 8 heteroatoms. The Kier molecular flexibility index (Phi) is 5.88. The third-order valence-corrected chi connectivity index (χ3v) is 3.44. The topological polar surface area (TPSA) is 73.3 Å². The Balaban J connectivity index is 1.57. The van der Waals surface area contributed by atoms with E-state index in [1.807, 2.05) is 18.2 Å². The van der Waals surface area contributed by atoms with Gasteiger partial charge in [-0.25, -0.2) is 18.6 Å². The highest BCUT2D eigenvalue weighted by atomic mass is 19.1. The van der Waals surface area contributed by atoms with Gasteiger partial charge in [0.2, 0.25) is 0 Å². The molecule has 0 saturated carbocycles. The lowest BCUT2D eigenvalue weighted by molar-refractivity contribution is 0.155. The minimum absolute atomic E-state index is 0.0350. The molecule has 1 aromatic heterocycles. The van der Waals surface area contributed by atoms with Gasteiger partial charge in [-0.1, -0.05) is 42.5 Å². The zero-order valence-corrected chi connectivity index (χ0v) is 14.1. The van der Waals surface area contributed by atoms with Crippen LogP contribution < -0.4 is 10.1 Å². The highest BCUT2D eigenvalue weighted by Crippen LogP contribution is 2.15. The van der Waals surface area contributed by atoms with Crippen molar-refractivity contribution in [1.82, 2.24) is 9.97 Å². The molecule has 1 amide bonds. The number of rotatable bonds is 6. The zero-order chi connectivity index (χ0) is 19.1. The molecule has 27 heavy (non-hydrogen) atoms. The van der Waals surface area contributed by atoms with E-state index in [0.717, 1.165) is 11.8 Å². The number of aromatic nitrogens is 2. The maximum atomic E-state index is 13.8. The average Bonchev–Trinajstić information content (AvgIpc) is 2.69. The van der Waals surface area contributed by atoms with Gasteiger partial charge in [-0.2, -0.15) is 4.98 Å². The van der Waals surface area contributed by atoms with Gasteiger partial charge in [-0.05, 0) is 23.3 Å². The van der Waals surface area contributed by atoms with E-state index in [2.05, 4.69) is 15.3 Å². The number of amides is 1. The van der Waals surface area contributed by atoms with Crippen molar-refractivity contribution in [3.8, 4) is 6.01 Å². The number of carbonyl (C=O) groups is 1. The molecular formula is C19H15F2N3O3. The minimum Gasteiger partial charge on any atom is -0.459 e. The van der Waals surface area contributed by atoms with Gasteiger partial charge < -0.3 is 9.47 Å². The van der Waals surface area contributed by atoms with Crippen molar-refractivity contribution >= 4 is 11.9 Å². The fraction of sp³-hybridized carbons (Fsp3) is 0.105. The van der Waals surface area contributed by atoms with Crippen LogP contribution in [0.25, 0.3) is 0 Å². The van der Waals surface area contributed by atoms with Crippen LogP contribution >= 0.6 is 0 Å². The van der Waals surface area contributed by atoms with Crippen molar-refractivity contribution in [1.29, 1.82) is 0 Å². The number of hydrogen-bond acceptors (Lipinski definition) is 5. The predicted molar refractivity (Wildman–Crippen MR) is 93.0 cm³/mol. The molecule has 0 saturated heterocycles. The Hall–Kier alpha value is -3.55. The van der Waals surface area contributed by atoms with E-state index in [4.69, 9.17) is 9.47 Å². The van der Waals surface area contributed by atoms with Gasteiger partial charge in [0.05, 0.1) is 6.20 Å². The van der Waals surface area contributed by atoms with E-state index in [0.29, 0.717) is 5.56 Å². The Morgan fingerprint density at radius 2 is 1.67 bits per heavy atom. The Morgan fingerprint density at radius 3 is 2.41 bits per heavy atom. The summed E-state index contributed by atoms with van der Waals surface area (Å²) in [6.45, 7) is 0.0944. The van der Waals surface area contributed by atoms with Crippen molar-refractivity contribution in [2.24, 2.45) is 0 Å². The summed E-state index contributed by atoms with van der Waals surface area (Å²) in [5.74, 6) is -1.56. The Morgan fingerprint density at radius 1 is 0.963 bits per heavy atom. The molecular weight excluding hydrogens is 356 g/mol. The van der Waals surface area contributed by atoms with Crippen LogP contribution in [0.1, 0.15) is 11.1 Å². The Labute approximate surface area is 153 Å². The highest BCUT2D eigenvalue weighted by Gasteiger charge is 2.12. The van der Waals surface area contributed by atoms with Gasteiger partial charge in [0.25, 0.3) is 0 Å². The number of benzene rings is 2. The van der Waals surface area contributed by atoms with E-state index < -0.39 is 11.9 Å². The Bertz CT molecular complexity index is 906. The lowest BCUT2D eigenvalue weighted by atomic mass is 10.2. The zero-order valence-electron chi connectivity index (χ0n) is 14.1. The molecule has 138 valence electrons. The second kappa shape index (κ2) is 8.70. The number of anilines is 1. The number of halogens is 2. The lowest BCUT2D eigenvalue weighted by Crippen LogP contribution is -2.16. The van der Waals surface area contributed by atoms with Crippen LogP contribution in [0.15, 0.2) is 60.8 Å². The third kappa shape index (κ3) is 5.46. The van der Waals surface area contributed by atoms with Crippen LogP contribution in [0.2, 0.25) is 0 Å². The molecule has 0 radical (unpaired) electrons. The summed E-state index contributed by atoms with van der Waals surface area (Å²) in [5.41, 5.74) is 1.47. The molecule has 1 heterocycles. The minimum atomic E-state index is -0.860. The molecule has 3 rings (SSSR count). The van der Waals surface area contributed by atoms with Gasteiger partial charge in [0, 0.05) is 0 Å². The summed E-state index contributed by atoms with van der Waals surface area (Å²) in [6, 6.07) is 14.6.